The minimum Gasteiger partial charge on any atom is -0.479 e. The molecule has 88 valence electrons. The van der Waals surface area contributed by atoms with Crippen LogP contribution in [0.4, 0.5) is 5.69 Å². The van der Waals surface area contributed by atoms with E-state index in [1.807, 2.05) is 0 Å². The second kappa shape index (κ2) is 4.59. The minimum atomic E-state index is -2.02. The summed E-state index contributed by atoms with van der Waals surface area (Å²) in [5.41, 5.74) is -1.06. The molecule has 0 spiro atoms. The van der Waals surface area contributed by atoms with Crippen molar-refractivity contribution in [3.63, 3.8) is 0 Å². The number of carboxylic acids is 1. The standard InChI is InChI=1S/C10H8N2O5/c1-5-2-3-6(4-11)8(12(16)17)7(5)9(13)10(14)15/h2-3,9,13H,1H3,(H,14,15). The molecule has 0 fully saturated rings. The second-order valence-corrected chi connectivity index (χ2v) is 3.30. The highest BCUT2D eigenvalue weighted by molar-refractivity contribution is 5.77. The van der Waals surface area contributed by atoms with Gasteiger partial charge in [-0.2, -0.15) is 5.26 Å². The van der Waals surface area contributed by atoms with Crippen molar-refractivity contribution in [1.29, 1.82) is 5.26 Å². The van der Waals surface area contributed by atoms with Gasteiger partial charge in [-0.3, -0.25) is 10.1 Å². The average Bonchev–Trinajstić information content (AvgIpc) is 2.27. The van der Waals surface area contributed by atoms with E-state index >= 15 is 0 Å². The molecule has 1 unspecified atom stereocenters. The van der Waals surface area contributed by atoms with Crippen molar-refractivity contribution in [2.45, 2.75) is 13.0 Å². The van der Waals surface area contributed by atoms with Crippen LogP contribution in [0, 0.1) is 28.4 Å². The van der Waals surface area contributed by atoms with Crippen LogP contribution in [0.1, 0.15) is 22.8 Å². The highest BCUT2D eigenvalue weighted by Gasteiger charge is 2.30. The van der Waals surface area contributed by atoms with E-state index < -0.39 is 22.7 Å². The van der Waals surface area contributed by atoms with Crippen LogP contribution < -0.4 is 0 Å². The highest BCUT2D eigenvalue weighted by atomic mass is 16.6. The second-order valence-electron chi connectivity index (χ2n) is 3.30. The van der Waals surface area contributed by atoms with Gasteiger partial charge in [0, 0.05) is 0 Å². The summed E-state index contributed by atoms with van der Waals surface area (Å²) in [5, 5.41) is 37.6. The van der Waals surface area contributed by atoms with Gasteiger partial charge in [-0.15, -0.1) is 0 Å². The number of aliphatic carboxylic acids is 1. The SMILES string of the molecule is Cc1ccc(C#N)c([N+](=O)[O-])c1C(O)C(=O)O. The molecule has 1 rings (SSSR count). The van der Waals surface area contributed by atoms with Crippen molar-refractivity contribution < 1.29 is 19.9 Å². The summed E-state index contributed by atoms with van der Waals surface area (Å²) < 4.78 is 0. The van der Waals surface area contributed by atoms with E-state index in [1.54, 1.807) is 6.07 Å². The maximum absolute atomic E-state index is 10.8. The van der Waals surface area contributed by atoms with E-state index in [0.29, 0.717) is 0 Å². The molecule has 0 saturated carbocycles. The number of nitro benzene ring substituents is 1. The number of rotatable bonds is 3. The first-order chi connectivity index (χ1) is 7.90. The zero-order valence-electron chi connectivity index (χ0n) is 8.75. The van der Waals surface area contributed by atoms with Gasteiger partial charge in [-0.25, -0.2) is 4.79 Å². The number of benzene rings is 1. The van der Waals surface area contributed by atoms with Crippen molar-refractivity contribution >= 4 is 11.7 Å². The molecule has 0 bridgehead atoms. The Labute approximate surface area is 95.7 Å². The number of nitrogens with zero attached hydrogens (tertiary/aromatic N) is 2. The quantitative estimate of drug-likeness (QED) is 0.593. The van der Waals surface area contributed by atoms with Gasteiger partial charge in [0.1, 0.15) is 11.6 Å². The lowest BCUT2D eigenvalue weighted by Gasteiger charge is -2.10. The van der Waals surface area contributed by atoms with Crippen LogP contribution in [-0.4, -0.2) is 21.1 Å². The lowest BCUT2D eigenvalue weighted by atomic mass is 9.98. The lowest BCUT2D eigenvalue weighted by molar-refractivity contribution is -0.386. The fourth-order valence-corrected chi connectivity index (χ4v) is 1.46. The number of nitriles is 1. The molecular formula is C10H8N2O5. The van der Waals surface area contributed by atoms with Crippen molar-refractivity contribution in [3.8, 4) is 6.07 Å². The van der Waals surface area contributed by atoms with Crippen LogP contribution in [0.3, 0.4) is 0 Å². The summed E-state index contributed by atoms with van der Waals surface area (Å²) in [6.45, 7) is 1.43. The molecule has 0 aliphatic rings. The van der Waals surface area contributed by atoms with Gasteiger partial charge in [0.05, 0.1) is 10.5 Å². The summed E-state index contributed by atoms with van der Waals surface area (Å²) in [7, 11) is 0. The number of hydrogen-bond acceptors (Lipinski definition) is 5. The third kappa shape index (κ3) is 2.21. The molecule has 1 aromatic carbocycles. The monoisotopic (exact) mass is 236 g/mol. The van der Waals surface area contributed by atoms with Gasteiger partial charge >= 0.3 is 5.97 Å². The average molecular weight is 236 g/mol. The van der Waals surface area contributed by atoms with E-state index in [0.717, 1.165) is 0 Å². The van der Waals surface area contributed by atoms with Crippen LogP contribution in [0.25, 0.3) is 0 Å². The Bertz CT molecular complexity index is 532. The Hall–Kier alpha value is -2.46. The summed E-state index contributed by atoms with van der Waals surface area (Å²) in [4.78, 5) is 20.6. The zero-order chi connectivity index (χ0) is 13.2. The number of carboxylic acid groups (broad SMARTS) is 1. The topological polar surface area (TPSA) is 124 Å². The number of nitro groups is 1. The number of aryl methyl sites for hydroxylation is 1. The normalized spacial score (nSPS) is 11.6. The van der Waals surface area contributed by atoms with Crippen molar-refractivity contribution in [3.05, 3.63) is 38.9 Å². The molecular weight excluding hydrogens is 228 g/mol. The number of carbonyl (C=O) groups is 1. The molecule has 0 aliphatic heterocycles. The number of aliphatic hydroxyl groups excluding tert-OH is 1. The Morgan fingerprint density at radius 3 is 2.59 bits per heavy atom. The van der Waals surface area contributed by atoms with E-state index in [9.17, 15) is 20.0 Å². The van der Waals surface area contributed by atoms with Crippen LogP contribution in [0.15, 0.2) is 12.1 Å². The Morgan fingerprint density at radius 1 is 1.59 bits per heavy atom. The minimum absolute atomic E-state index is 0.241. The molecule has 0 saturated heterocycles. The Morgan fingerprint density at radius 2 is 2.18 bits per heavy atom. The molecule has 1 aromatic rings. The predicted molar refractivity (Wildman–Crippen MR) is 55.1 cm³/mol. The van der Waals surface area contributed by atoms with Gasteiger partial charge in [-0.05, 0) is 18.6 Å². The van der Waals surface area contributed by atoms with E-state index in [4.69, 9.17) is 10.4 Å². The van der Waals surface area contributed by atoms with Gasteiger partial charge in [0.25, 0.3) is 5.69 Å². The summed E-state index contributed by atoms with van der Waals surface area (Å²) in [6.07, 6.45) is -2.02. The van der Waals surface area contributed by atoms with E-state index in [1.165, 1.54) is 19.1 Å². The lowest BCUT2D eigenvalue weighted by Crippen LogP contribution is -2.14. The third-order valence-electron chi connectivity index (χ3n) is 2.25. The molecule has 7 heteroatoms. The van der Waals surface area contributed by atoms with Crippen molar-refractivity contribution in [1.82, 2.24) is 0 Å². The molecule has 1 atom stereocenters. The van der Waals surface area contributed by atoms with Crippen LogP contribution >= 0.6 is 0 Å². The van der Waals surface area contributed by atoms with Gasteiger partial charge < -0.3 is 10.2 Å². The smallest absolute Gasteiger partial charge is 0.337 e. The Balaban J connectivity index is 3.62. The van der Waals surface area contributed by atoms with Gasteiger partial charge in [0.15, 0.2) is 6.10 Å². The predicted octanol–water partition coefficient (Wildman–Crippen LogP) is 0.893. The molecule has 2 N–H and O–H groups in total. The first-order valence-corrected chi connectivity index (χ1v) is 4.49. The van der Waals surface area contributed by atoms with Crippen LogP contribution in [-0.2, 0) is 4.79 Å². The first kappa shape index (κ1) is 12.6. The molecule has 0 heterocycles. The van der Waals surface area contributed by atoms with Crippen LogP contribution in [0.2, 0.25) is 0 Å². The molecule has 17 heavy (non-hydrogen) atoms. The summed E-state index contributed by atoms with van der Waals surface area (Å²) in [5.74, 6) is -1.61. The van der Waals surface area contributed by atoms with Crippen molar-refractivity contribution in [2.75, 3.05) is 0 Å². The zero-order valence-corrected chi connectivity index (χ0v) is 8.75. The molecule has 7 nitrogen and oxygen atoms in total. The number of hydrogen-bond donors (Lipinski definition) is 2. The van der Waals surface area contributed by atoms with Gasteiger partial charge in [-0.1, -0.05) is 6.07 Å². The first-order valence-electron chi connectivity index (χ1n) is 4.49. The maximum atomic E-state index is 10.8. The molecule has 0 radical (unpaired) electrons. The highest BCUT2D eigenvalue weighted by Crippen LogP contribution is 2.31. The molecule has 0 aliphatic carbocycles. The van der Waals surface area contributed by atoms with E-state index in [-0.39, 0.29) is 16.7 Å². The van der Waals surface area contributed by atoms with Crippen LogP contribution in [0.5, 0.6) is 0 Å². The summed E-state index contributed by atoms with van der Waals surface area (Å²) >= 11 is 0. The fourth-order valence-electron chi connectivity index (χ4n) is 1.46. The van der Waals surface area contributed by atoms with Crippen molar-refractivity contribution in [2.24, 2.45) is 0 Å². The largest absolute Gasteiger partial charge is 0.479 e. The third-order valence-corrected chi connectivity index (χ3v) is 2.25. The Kier molecular flexibility index (Phi) is 3.40. The van der Waals surface area contributed by atoms with Gasteiger partial charge in [0.2, 0.25) is 0 Å². The summed E-state index contributed by atoms with van der Waals surface area (Å²) in [6, 6.07) is 4.16. The number of aliphatic hydroxyl groups is 1. The maximum Gasteiger partial charge on any atom is 0.337 e. The molecule has 0 amide bonds. The van der Waals surface area contributed by atoms with E-state index in [2.05, 4.69) is 0 Å². The fraction of sp³-hybridized carbons (Fsp3) is 0.200. The molecule has 0 aromatic heterocycles.